The highest BCUT2D eigenvalue weighted by molar-refractivity contribution is 6.36. The highest BCUT2D eigenvalue weighted by atomic mass is 35.5. The van der Waals surface area contributed by atoms with Crippen LogP contribution in [0.15, 0.2) is 12.1 Å². The van der Waals surface area contributed by atoms with Gasteiger partial charge in [-0.05, 0) is 18.6 Å². The molecule has 0 nitrogen and oxygen atoms in total. The maximum Gasteiger partial charge on any atom is 0.265 e. The van der Waals surface area contributed by atoms with Crippen molar-refractivity contribution in [3.8, 4) is 0 Å². The number of halogens is 4. The normalized spacial score (nSPS) is 10.8. The Balaban J connectivity index is 3.27. The largest absolute Gasteiger partial charge is 0.265 e. The molecule has 0 aliphatic heterocycles. The number of rotatable bonds is 1. The van der Waals surface area contributed by atoms with Gasteiger partial charge in [0.15, 0.2) is 0 Å². The number of benzene rings is 1. The van der Waals surface area contributed by atoms with E-state index in [-0.39, 0.29) is 10.6 Å². The van der Waals surface area contributed by atoms with Crippen molar-refractivity contribution in [2.45, 2.75) is 13.3 Å². The molecule has 12 heavy (non-hydrogen) atoms. The van der Waals surface area contributed by atoms with Crippen LogP contribution in [0.2, 0.25) is 10.0 Å². The second-order valence-electron chi connectivity index (χ2n) is 2.38. The van der Waals surface area contributed by atoms with Gasteiger partial charge < -0.3 is 0 Å². The van der Waals surface area contributed by atoms with Gasteiger partial charge in [-0.15, -0.1) is 0 Å². The van der Waals surface area contributed by atoms with Crippen LogP contribution in [0.3, 0.4) is 0 Å². The molecule has 0 saturated heterocycles. The van der Waals surface area contributed by atoms with Crippen molar-refractivity contribution in [2.75, 3.05) is 0 Å². The Kier molecular flexibility index (Phi) is 2.91. The molecule has 1 aromatic carbocycles. The van der Waals surface area contributed by atoms with Gasteiger partial charge in [-0.3, -0.25) is 0 Å². The fraction of sp³-hybridized carbons (Fsp3) is 0.250. The van der Waals surface area contributed by atoms with Gasteiger partial charge in [-0.2, -0.15) is 0 Å². The monoisotopic (exact) mass is 210 g/mol. The van der Waals surface area contributed by atoms with Gasteiger partial charge in [0.2, 0.25) is 0 Å². The molecular formula is C8H6Cl2F2. The van der Waals surface area contributed by atoms with Gasteiger partial charge in [-0.25, -0.2) is 8.78 Å². The molecule has 0 fully saturated rings. The minimum absolute atomic E-state index is 0.0532. The van der Waals surface area contributed by atoms with Crippen LogP contribution < -0.4 is 0 Å². The van der Waals surface area contributed by atoms with Crippen LogP contribution in [0.4, 0.5) is 8.78 Å². The van der Waals surface area contributed by atoms with Crippen molar-refractivity contribution >= 4 is 23.2 Å². The Morgan fingerprint density at radius 1 is 1.25 bits per heavy atom. The van der Waals surface area contributed by atoms with Crippen molar-refractivity contribution in [3.05, 3.63) is 33.3 Å². The zero-order chi connectivity index (χ0) is 9.30. The Morgan fingerprint density at radius 3 is 2.33 bits per heavy atom. The van der Waals surface area contributed by atoms with E-state index in [1.165, 1.54) is 12.1 Å². The van der Waals surface area contributed by atoms with Gasteiger partial charge in [0.25, 0.3) is 6.43 Å². The van der Waals surface area contributed by atoms with Crippen LogP contribution in [0.1, 0.15) is 17.6 Å². The van der Waals surface area contributed by atoms with E-state index in [2.05, 4.69) is 0 Å². The van der Waals surface area contributed by atoms with Gasteiger partial charge in [-0.1, -0.05) is 29.3 Å². The lowest BCUT2D eigenvalue weighted by Gasteiger charge is -2.06. The summed E-state index contributed by atoms with van der Waals surface area (Å²) in [5, 5.41) is 0.460. The van der Waals surface area contributed by atoms with Crippen molar-refractivity contribution in [3.63, 3.8) is 0 Å². The van der Waals surface area contributed by atoms with Crippen LogP contribution in [0, 0.1) is 6.92 Å². The zero-order valence-corrected chi connectivity index (χ0v) is 7.76. The quantitative estimate of drug-likeness (QED) is 0.651. The molecule has 0 heterocycles. The van der Waals surface area contributed by atoms with E-state index in [4.69, 9.17) is 23.2 Å². The lowest BCUT2D eigenvalue weighted by molar-refractivity contribution is 0.151. The van der Waals surface area contributed by atoms with Crippen molar-refractivity contribution in [1.82, 2.24) is 0 Å². The summed E-state index contributed by atoms with van der Waals surface area (Å²) < 4.78 is 24.4. The molecule has 0 amide bonds. The third-order valence-corrected chi connectivity index (χ3v) is 2.50. The summed E-state index contributed by atoms with van der Waals surface area (Å²) in [6.45, 7) is 1.61. The highest BCUT2D eigenvalue weighted by Gasteiger charge is 2.14. The average molecular weight is 211 g/mol. The smallest absolute Gasteiger partial charge is 0.205 e. The average Bonchev–Trinajstić information content (AvgIpc) is 2.00. The molecule has 0 N–H and O–H groups in total. The Hall–Kier alpha value is -0.340. The first kappa shape index (κ1) is 9.75. The highest BCUT2D eigenvalue weighted by Crippen LogP contribution is 2.32. The molecule has 0 spiro atoms. The molecule has 0 unspecified atom stereocenters. The number of hydrogen-bond donors (Lipinski definition) is 0. The molecule has 0 radical (unpaired) electrons. The van der Waals surface area contributed by atoms with Gasteiger partial charge in [0, 0.05) is 10.6 Å². The predicted molar refractivity (Wildman–Crippen MR) is 46.2 cm³/mol. The molecule has 1 aromatic rings. The van der Waals surface area contributed by atoms with E-state index in [0.717, 1.165) is 0 Å². The maximum absolute atomic E-state index is 12.2. The molecule has 4 heteroatoms. The van der Waals surface area contributed by atoms with Gasteiger partial charge in [0.1, 0.15) is 0 Å². The first-order valence-electron chi connectivity index (χ1n) is 3.26. The summed E-state index contributed by atoms with van der Waals surface area (Å²) in [6, 6.07) is 2.66. The van der Waals surface area contributed by atoms with Crippen molar-refractivity contribution in [2.24, 2.45) is 0 Å². The summed E-state index contributed by atoms with van der Waals surface area (Å²) in [6.07, 6.45) is -2.55. The fourth-order valence-electron chi connectivity index (χ4n) is 0.851. The minimum Gasteiger partial charge on any atom is -0.205 e. The Bertz CT molecular complexity index is 297. The number of alkyl halides is 2. The van der Waals surface area contributed by atoms with Crippen molar-refractivity contribution in [1.29, 1.82) is 0 Å². The number of hydrogen-bond acceptors (Lipinski definition) is 0. The summed E-state index contributed by atoms with van der Waals surface area (Å²) >= 11 is 11.3. The van der Waals surface area contributed by atoms with Crippen LogP contribution in [0.5, 0.6) is 0 Å². The lowest BCUT2D eigenvalue weighted by Crippen LogP contribution is -1.88. The van der Waals surface area contributed by atoms with E-state index in [0.29, 0.717) is 10.6 Å². The van der Waals surface area contributed by atoms with Crippen molar-refractivity contribution < 1.29 is 8.78 Å². The van der Waals surface area contributed by atoms with Crippen LogP contribution in [-0.2, 0) is 0 Å². The van der Waals surface area contributed by atoms with Gasteiger partial charge in [0.05, 0.1) is 5.02 Å². The summed E-state index contributed by atoms with van der Waals surface area (Å²) in [5.74, 6) is 0. The summed E-state index contributed by atoms with van der Waals surface area (Å²) in [7, 11) is 0. The minimum atomic E-state index is -2.55. The van der Waals surface area contributed by atoms with E-state index < -0.39 is 6.43 Å². The van der Waals surface area contributed by atoms with E-state index in [1.54, 1.807) is 6.92 Å². The molecule has 66 valence electrons. The first-order valence-corrected chi connectivity index (χ1v) is 4.02. The third-order valence-electron chi connectivity index (χ3n) is 1.59. The standard InChI is InChI=1S/C8H6Cl2F2/c1-4-6(9)3-2-5(7(4)10)8(11)12/h2-3,8H,1H3. The molecular weight excluding hydrogens is 205 g/mol. The fourth-order valence-corrected chi connectivity index (χ4v) is 1.30. The molecule has 1 rings (SSSR count). The summed E-state index contributed by atoms with van der Waals surface area (Å²) in [4.78, 5) is 0. The summed E-state index contributed by atoms with van der Waals surface area (Å²) in [5.41, 5.74) is 0.328. The first-order chi connectivity index (χ1) is 5.54. The van der Waals surface area contributed by atoms with E-state index >= 15 is 0 Å². The SMILES string of the molecule is Cc1c(Cl)ccc(C(F)F)c1Cl. The molecule has 0 aromatic heterocycles. The van der Waals surface area contributed by atoms with Crippen LogP contribution in [0.25, 0.3) is 0 Å². The Morgan fingerprint density at radius 2 is 1.83 bits per heavy atom. The molecule has 0 atom stereocenters. The second kappa shape index (κ2) is 3.58. The van der Waals surface area contributed by atoms with E-state index in [9.17, 15) is 8.78 Å². The Labute approximate surface area is 79.1 Å². The zero-order valence-electron chi connectivity index (χ0n) is 6.24. The van der Waals surface area contributed by atoms with Crippen LogP contribution >= 0.6 is 23.2 Å². The molecule has 0 aliphatic carbocycles. The molecule has 0 bridgehead atoms. The van der Waals surface area contributed by atoms with Crippen LogP contribution in [-0.4, -0.2) is 0 Å². The maximum atomic E-state index is 12.2. The molecule has 0 aliphatic rings. The third kappa shape index (κ3) is 1.70. The molecule has 0 saturated carbocycles. The van der Waals surface area contributed by atoms with Gasteiger partial charge >= 0.3 is 0 Å². The lowest BCUT2D eigenvalue weighted by atomic mass is 10.1. The second-order valence-corrected chi connectivity index (χ2v) is 3.16. The predicted octanol–water partition coefficient (Wildman–Crippen LogP) is 4.24. The van der Waals surface area contributed by atoms with E-state index in [1.807, 2.05) is 0 Å². The topological polar surface area (TPSA) is 0 Å².